The van der Waals surface area contributed by atoms with Crippen molar-refractivity contribution in [1.82, 2.24) is 10.6 Å². The number of amides is 2. The smallest absolute Gasteiger partial charge is 0.337 e. The lowest BCUT2D eigenvalue weighted by Crippen LogP contribution is -2.59. The Bertz CT molecular complexity index is 583. The number of piperazine rings is 1. The molecule has 108 valence electrons. The van der Waals surface area contributed by atoms with Gasteiger partial charge in [0.1, 0.15) is 11.3 Å². The van der Waals surface area contributed by atoms with Crippen molar-refractivity contribution in [2.45, 2.75) is 17.6 Å². The highest BCUT2D eigenvalue weighted by Crippen LogP contribution is 2.38. The Morgan fingerprint density at radius 1 is 1.30 bits per heavy atom. The van der Waals surface area contributed by atoms with Crippen molar-refractivity contribution in [3.8, 4) is 0 Å². The SMILES string of the molecule is O=C1NC2=C([N+](=O)[O-])C(C(F)(F)F)=CC(Cl)C2NC1=O. The normalized spacial score (nSPS) is 26.5. The van der Waals surface area contributed by atoms with Gasteiger partial charge in [-0.15, -0.1) is 11.6 Å². The summed E-state index contributed by atoms with van der Waals surface area (Å²) in [6.07, 6.45) is -4.58. The molecule has 2 aliphatic rings. The number of fused-ring (bicyclic) bond motifs is 1. The predicted octanol–water partition coefficient (Wildman–Crippen LogP) is 0.199. The molecule has 1 aliphatic heterocycles. The van der Waals surface area contributed by atoms with Crippen LogP contribution in [0.2, 0.25) is 0 Å². The van der Waals surface area contributed by atoms with Crippen LogP contribution in [0.5, 0.6) is 0 Å². The molecule has 1 fully saturated rings. The number of rotatable bonds is 1. The van der Waals surface area contributed by atoms with Gasteiger partial charge < -0.3 is 10.6 Å². The summed E-state index contributed by atoms with van der Waals surface area (Å²) in [5, 5.41) is 13.3. The molecule has 1 aliphatic carbocycles. The molecule has 0 aromatic carbocycles. The van der Waals surface area contributed by atoms with E-state index in [1.807, 2.05) is 5.32 Å². The van der Waals surface area contributed by atoms with Gasteiger partial charge in [-0.3, -0.25) is 19.7 Å². The molecule has 20 heavy (non-hydrogen) atoms. The lowest BCUT2D eigenvalue weighted by Gasteiger charge is -2.32. The molecular weight excluding hydrogens is 307 g/mol. The summed E-state index contributed by atoms with van der Waals surface area (Å²) in [7, 11) is 0. The quantitative estimate of drug-likeness (QED) is 0.312. The largest absolute Gasteiger partial charge is 0.422 e. The van der Waals surface area contributed by atoms with E-state index in [1.54, 1.807) is 5.32 Å². The first-order chi connectivity index (χ1) is 9.12. The molecule has 1 saturated heterocycles. The van der Waals surface area contributed by atoms with Crippen molar-refractivity contribution >= 4 is 23.4 Å². The number of alkyl halides is 4. The van der Waals surface area contributed by atoms with Crippen LogP contribution in [-0.2, 0) is 9.59 Å². The second kappa shape index (κ2) is 4.47. The van der Waals surface area contributed by atoms with Crippen LogP contribution in [0.4, 0.5) is 13.2 Å². The van der Waals surface area contributed by atoms with E-state index in [0.717, 1.165) is 0 Å². The minimum absolute atomic E-state index is 0.436. The number of hydrogen-bond donors (Lipinski definition) is 2. The molecule has 0 spiro atoms. The van der Waals surface area contributed by atoms with Crippen molar-refractivity contribution in [2.24, 2.45) is 0 Å². The number of allylic oxidation sites excluding steroid dienone is 1. The third kappa shape index (κ3) is 2.22. The number of carbonyl (C=O) groups is 2. The number of halogens is 4. The standard InChI is InChI=1S/C9H5ClF3N3O4/c10-3-1-2(9(11,12)13)6(16(19)20)5-4(3)14-7(17)8(18)15-5/h1,3-4H,(H,14,17)(H,15,18). The maximum Gasteiger partial charge on any atom is 0.422 e. The first kappa shape index (κ1) is 14.3. The third-order valence-electron chi connectivity index (χ3n) is 2.69. The van der Waals surface area contributed by atoms with Gasteiger partial charge in [0.15, 0.2) is 0 Å². The second-order valence-corrected chi connectivity index (χ2v) is 4.45. The van der Waals surface area contributed by atoms with Gasteiger partial charge in [0.2, 0.25) is 0 Å². The minimum atomic E-state index is -5.01. The lowest BCUT2D eigenvalue weighted by molar-refractivity contribution is -0.426. The lowest BCUT2D eigenvalue weighted by atomic mass is 9.93. The molecule has 11 heteroatoms. The Hall–Kier alpha value is -2.10. The fourth-order valence-electron chi connectivity index (χ4n) is 1.89. The van der Waals surface area contributed by atoms with E-state index in [0.29, 0.717) is 6.08 Å². The Balaban J connectivity index is 2.61. The zero-order chi connectivity index (χ0) is 15.2. The molecule has 7 nitrogen and oxygen atoms in total. The van der Waals surface area contributed by atoms with Gasteiger partial charge in [-0.25, -0.2) is 0 Å². The van der Waals surface area contributed by atoms with Crippen molar-refractivity contribution < 1.29 is 27.7 Å². The molecule has 2 rings (SSSR count). The van der Waals surface area contributed by atoms with Crippen LogP contribution in [0.3, 0.4) is 0 Å². The Morgan fingerprint density at radius 3 is 2.40 bits per heavy atom. The van der Waals surface area contributed by atoms with Gasteiger partial charge in [0.25, 0.3) is 0 Å². The van der Waals surface area contributed by atoms with E-state index < -0.39 is 51.3 Å². The van der Waals surface area contributed by atoms with Crippen molar-refractivity contribution in [1.29, 1.82) is 0 Å². The number of carbonyl (C=O) groups excluding carboxylic acids is 2. The molecule has 2 N–H and O–H groups in total. The average Bonchev–Trinajstić information content (AvgIpc) is 2.29. The van der Waals surface area contributed by atoms with Gasteiger partial charge in [0.05, 0.1) is 16.3 Å². The van der Waals surface area contributed by atoms with Gasteiger partial charge in [-0.1, -0.05) is 0 Å². The second-order valence-electron chi connectivity index (χ2n) is 3.95. The van der Waals surface area contributed by atoms with Crippen LogP contribution < -0.4 is 10.6 Å². The first-order valence-corrected chi connectivity index (χ1v) is 5.50. The third-order valence-corrected chi connectivity index (χ3v) is 3.07. The average molecular weight is 312 g/mol. The molecule has 2 amide bonds. The molecule has 0 radical (unpaired) electrons. The molecule has 0 aromatic heterocycles. The summed E-state index contributed by atoms with van der Waals surface area (Å²) < 4.78 is 38.4. The molecular formula is C9H5ClF3N3O4. The van der Waals surface area contributed by atoms with Gasteiger partial charge in [-0.05, 0) is 6.08 Å². The van der Waals surface area contributed by atoms with Crippen LogP contribution in [-0.4, -0.2) is 34.3 Å². The number of nitrogens with zero attached hydrogens (tertiary/aromatic N) is 1. The summed E-state index contributed by atoms with van der Waals surface area (Å²) in [5.41, 5.74) is -3.56. The topological polar surface area (TPSA) is 101 Å². The van der Waals surface area contributed by atoms with E-state index in [4.69, 9.17) is 11.6 Å². The van der Waals surface area contributed by atoms with Crippen molar-refractivity contribution in [2.75, 3.05) is 0 Å². The Morgan fingerprint density at radius 2 is 1.90 bits per heavy atom. The number of hydrogen-bond acceptors (Lipinski definition) is 4. The van der Waals surface area contributed by atoms with Crippen LogP contribution in [0, 0.1) is 10.1 Å². The zero-order valence-corrected chi connectivity index (χ0v) is 10.1. The Labute approximate surface area is 113 Å². The van der Waals surface area contributed by atoms with Gasteiger partial charge in [0, 0.05) is 0 Å². The predicted molar refractivity (Wildman–Crippen MR) is 57.9 cm³/mol. The summed E-state index contributed by atoms with van der Waals surface area (Å²) in [6.45, 7) is 0. The highest BCUT2D eigenvalue weighted by atomic mass is 35.5. The van der Waals surface area contributed by atoms with E-state index in [1.165, 1.54) is 0 Å². The molecule has 2 atom stereocenters. The fraction of sp³-hybridized carbons (Fsp3) is 0.333. The van der Waals surface area contributed by atoms with Crippen LogP contribution in [0.1, 0.15) is 0 Å². The molecule has 2 unspecified atom stereocenters. The van der Waals surface area contributed by atoms with Gasteiger partial charge >= 0.3 is 23.7 Å². The summed E-state index contributed by atoms with van der Waals surface area (Å²) in [4.78, 5) is 31.9. The van der Waals surface area contributed by atoms with E-state index in [-0.39, 0.29) is 0 Å². The van der Waals surface area contributed by atoms with E-state index in [9.17, 15) is 32.9 Å². The molecule has 0 bridgehead atoms. The van der Waals surface area contributed by atoms with Crippen LogP contribution in [0.25, 0.3) is 0 Å². The number of nitro groups is 1. The number of nitrogens with one attached hydrogen (secondary N) is 2. The van der Waals surface area contributed by atoms with Crippen LogP contribution in [0.15, 0.2) is 23.0 Å². The zero-order valence-electron chi connectivity index (χ0n) is 9.32. The maximum absolute atomic E-state index is 12.8. The van der Waals surface area contributed by atoms with Crippen molar-refractivity contribution in [3.63, 3.8) is 0 Å². The summed E-state index contributed by atoms with van der Waals surface area (Å²) in [5.74, 6) is -2.42. The Kier molecular flexibility index (Phi) is 3.20. The highest BCUT2D eigenvalue weighted by molar-refractivity contribution is 6.37. The highest BCUT2D eigenvalue weighted by Gasteiger charge is 2.51. The van der Waals surface area contributed by atoms with Crippen LogP contribution >= 0.6 is 11.6 Å². The van der Waals surface area contributed by atoms with Gasteiger partial charge in [-0.2, -0.15) is 13.2 Å². The monoisotopic (exact) mass is 311 g/mol. The van der Waals surface area contributed by atoms with E-state index >= 15 is 0 Å². The summed E-state index contributed by atoms with van der Waals surface area (Å²) in [6, 6.07) is -1.30. The van der Waals surface area contributed by atoms with E-state index in [2.05, 4.69) is 0 Å². The molecule has 1 heterocycles. The summed E-state index contributed by atoms with van der Waals surface area (Å²) >= 11 is 5.67. The minimum Gasteiger partial charge on any atom is -0.337 e. The fourth-order valence-corrected chi connectivity index (χ4v) is 2.20. The maximum atomic E-state index is 12.8. The molecule has 0 aromatic rings. The van der Waals surface area contributed by atoms with Crippen molar-refractivity contribution in [3.05, 3.63) is 33.2 Å². The molecule has 0 saturated carbocycles. The first-order valence-electron chi connectivity index (χ1n) is 5.06.